The molecule has 1 heterocycles. The van der Waals surface area contributed by atoms with Crippen LogP contribution < -0.4 is 5.56 Å². The maximum Gasteiger partial charge on any atom is 0.410 e. The number of pyridine rings is 1. The normalized spacial score (nSPS) is 13.2. The smallest absolute Gasteiger partial charge is 0.410 e. The number of aromatic carboxylic acids is 1. The van der Waals surface area contributed by atoms with Crippen LogP contribution in [0.15, 0.2) is 53.3 Å². The number of ether oxygens (including phenoxy) is 1. The number of amides is 1. The van der Waals surface area contributed by atoms with Gasteiger partial charge in [-0.25, -0.2) is 9.59 Å². The van der Waals surface area contributed by atoms with E-state index in [4.69, 9.17) is 9.16 Å². The van der Waals surface area contributed by atoms with Gasteiger partial charge in [0.15, 0.2) is 0 Å². The number of carboxylic acids is 1. The third kappa shape index (κ3) is 7.51. The van der Waals surface area contributed by atoms with Gasteiger partial charge in [-0.3, -0.25) is 4.79 Å². The fourth-order valence-electron chi connectivity index (χ4n) is 3.97. The molecule has 10 heteroatoms. The molecule has 0 spiro atoms. The Bertz CT molecular complexity index is 1430. The number of carbonyl (C=O) groups is 2. The Morgan fingerprint density at radius 3 is 2.15 bits per heavy atom. The van der Waals surface area contributed by atoms with Crippen molar-refractivity contribution in [2.24, 2.45) is 0 Å². The molecule has 217 valence electrons. The molecule has 0 fully saturated rings. The number of phenols is 1. The highest BCUT2D eigenvalue weighted by molar-refractivity contribution is 6.74. The van der Waals surface area contributed by atoms with Gasteiger partial charge in [0.1, 0.15) is 11.4 Å². The first-order valence-corrected chi connectivity index (χ1v) is 16.1. The second kappa shape index (κ2) is 11.5. The van der Waals surface area contributed by atoms with Crippen LogP contribution in [0, 0.1) is 0 Å². The molecule has 0 bridgehead atoms. The van der Waals surface area contributed by atoms with Gasteiger partial charge in [0.25, 0.3) is 0 Å². The number of phenolic OH excluding ortho intramolecular Hbond substituents is 1. The number of hydrogen-bond donors (Lipinski definition) is 3. The van der Waals surface area contributed by atoms with E-state index in [1.807, 2.05) is 0 Å². The zero-order valence-corrected chi connectivity index (χ0v) is 25.5. The molecule has 3 rings (SSSR count). The second-order valence-corrected chi connectivity index (χ2v) is 17.3. The highest BCUT2D eigenvalue weighted by atomic mass is 28.4. The summed E-state index contributed by atoms with van der Waals surface area (Å²) in [4.78, 5) is 41.1. The highest BCUT2D eigenvalue weighted by Gasteiger charge is 2.32. The predicted octanol–water partition coefficient (Wildman–Crippen LogP) is 6.43. The number of nitrogens with one attached hydrogen (secondary N) is 1. The number of aromatic hydroxyl groups is 1. The van der Waals surface area contributed by atoms with E-state index >= 15 is 0 Å². The summed E-state index contributed by atoms with van der Waals surface area (Å²) in [6.45, 7) is 16.2. The van der Waals surface area contributed by atoms with Crippen LogP contribution in [0.1, 0.15) is 69.1 Å². The Morgan fingerprint density at radius 1 is 0.975 bits per heavy atom. The summed E-state index contributed by atoms with van der Waals surface area (Å²) in [7, 11) is -2.40. The number of rotatable bonds is 8. The Labute approximate surface area is 235 Å². The molecule has 0 aliphatic heterocycles. The van der Waals surface area contributed by atoms with Crippen LogP contribution in [0.2, 0.25) is 18.1 Å². The van der Waals surface area contributed by atoms with Crippen molar-refractivity contribution in [2.75, 3.05) is 6.54 Å². The van der Waals surface area contributed by atoms with Crippen LogP contribution in [0.3, 0.4) is 0 Å². The maximum absolute atomic E-state index is 13.5. The summed E-state index contributed by atoms with van der Waals surface area (Å²) in [5.74, 6) is -1.10. The van der Waals surface area contributed by atoms with E-state index < -0.39 is 32.1 Å². The molecular formula is C30H40N2O7Si-. The third-order valence-corrected chi connectivity index (χ3v) is 11.6. The predicted molar refractivity (Wildman–Crippen MR) is 157 cm³/mol. The van der Waals surface area contributed by atoms with Crippen molar-refractivity contribution in [3.8, 4) is 5.75 Å². The van der Waals surface area contributed by atoms with Crippen LogP contribution >= 0.6 is 0 Å². The summed E-state index contributed by atoms with van der Waals surface area (Å²) < 4.78 is 12.7. The molecule has 3 N–H and O–H groups in total. The SMILES string of the molecule is CC(C)(C)OC(=O)N(Cc1ccc(C(=O)O)cc1)C[C@H](O[Si-](C)(C)C(C)(C)C)c1ccc(O)c2[nH]c(=O)ccc12. The highest BCUT2D eigenvalue weighted by Crippen LogP contribution is 2.41. The summed E-state index contributed by atoms with van der Waals surface area (Å²) in [5, 5.41) is 20.2. The van der Waals surface area contributed by atoms with Crippen molar-refractivity contribution in [1.82, 2.24) is 9.88 Å². The van der Waals surface area contributed by atoms with Crippen LogP contribution in [0.4, 0.5) is 4.79 Å². The maximum atomic E-state index is 13.5. The fourth-order valence-corrected chi connectivity index (χ4v) is 5.24. The van der Waals surface area contributed by atoms with Crippen LogP contribution in [-0.2, 0) is 15.7 Å². The molecule has 0 saturated carbocycles. The van der Waals surface area contributed by atoms with Gasteiger partial charge in [-0.2, -0.15) is 0 Å². The molecule has 1 amide bonds. The van der Waals surface area contributed by atoms with E-state index in [-0.39, 0.29) is 35.0 Å². The Kier molecular flexibility index (Phi) is 8.86. The van der Waals surface area contributed by atoms with Crippen molar-refractivity contribution in [3.63, 3.8) is 0 Å². The van der Waals surface area contributed by atoms with Crippen LogP contribution in [0.5, 0.6) is 5.75 Å². The summed E-state index contributed by atoms with van der Waals surface area (Å²) in [5.41, 5.74) is 0.786. The average molecular weight is 569 g/mol. The molecule has 40 heavy (non-hydrogen) atoms. The number of fused-ring (bicyclic) bond motifs is 1. The summed E-state index contributed by atoms with van der Waals surface area (Å²) >= 11 is 0. The Morgan fingerprint density at radius 2 is 1.60 bits per heavy atom. The lowest BCUT2D eigenvalue weighted by Gasteiger charge is -2.51. The van der Waals surface area contributed by atoms with Gasteiger partial charge in [-0.05, 0) is 64.5 Å². The average Bonchev–Trinajstić information content (AvgIpc) is 2.82. The van der Waals surface area contributed by atoms with Gasteiger partial charge < -0.3 is 29.3 Å². The molecular weight excluding hydrogens is 528 g/mol. The standard InChI is InChI=1S/C30H40N2O7Si/c1-29(2,3)38-28(37)32(17-19-9-11-20(12-10-19)27(35)36)18-24(39-40(7,8)30(4,5)6)21-13-15-23(33)26-22(21)14-16-25(34)31-26/h9-16,24,33H,17-18H2,1-8H3,(H,31,34)(H,35,36)/q-1/t24-/m0/s1. The first-order chi connectivity index (χ1) is 18.4. The third-order valence-electron chi connectivity index (χ3n) is 7.11. The van der Waals surface area contributed by atoms with Gasteiger partial charge in [-0.1, -0.05) is 39.0 Å². The molecule has 0 aliphatic carbocycles. The van der Waals surface area contributed by atoms with E-state index in [0.717, 1.165) is 5.56 Å². The molecule has 1 atom stereocenters. The van der Waals surface area contributed by atoms with Crippen LogP contribution in [0.25, 0.3) is 10.9 Å². The molecule has 0 aliphatic rings. The first-order valence-electron chi connectivity index (χ1n) is 13.2. The monoisotopic (exact) mass is 568 g/mol. The lowest BCUT2D eigenvalue weighted by atomic mass is 10.0. The molecule has 2 aromatic carbocycles. The number of hydrogen-bond acceptors (Lipinski definition) is 6. The first kappa shape index (κ1) is 30.9. The van der Waals surface area contributed by atoms with Crippen molar-refractivity contribution < 1.29 is 29.0 Å². The minimum atomic E-state index is -2.40. The molecule has 0 saturated heterocycles. The number of nitrogens with zero attached hydrogens (tertiary/aromatic N) is 1. The Hall–Kier alpha value is -3.63. The van der Waals surface area contributed by atoms with Crippen LogP contribution in [-0.4, -0.2) is 52.6 Å². The zero-order valence-electron chi connectivity index (χ0n) is 24.5. The lowest BCUT2D eigenvalue weighted by molar-refractivity contribution is 0.0137. The van der Waals surface area contributed by atoms with Gasteiger partial charge in [0, 0.05) is 18.0 Å². The van der Waals surface area contributed by atoms with Crippen molar-refractivity contribution in [3.05, 3.63) is 75.6 Å². The van der Waals surface area contributed by atoms with E-state index in [2.05, 4.69) is 38.8 Å². The number of benzene rings is 2. The van der Waals surface area contributed by atoms with Gasteiger partial charge in [0.05, 0.1) is 23.7 Å². The fraction of sp³-hybridized carbons (Fsp3) is 0.433. The Balaban J connectivity index is 2.12. The topological polar surface area (TPSA) is 129 Å². The van der Waals surface area contributed by atoms with Crippen molar-refractivity contribution in [1.29, 1.82) is 0 Å². The number of aromatic amines is 1. The lowest BCUT2D eigenvalue weighted by Crippen LogP contribution is -2.45. The van der Waals surface area contributed by atoms with E-state index in [1.165, 1.54) is 24.3 Å². The summed E-state index contributed by atoms with van der Waals surface area (Å²) in [6.07, 6.45) is -1.17. The van der Waals surface area contributed by atoms with Crippen molar-refractivity contribution in [2.45, 2.75) is 77.9 Å². The minimum absolute atomic E-state index is 0.0648. The number of carboxylic acid groups (broad SMARTS) is 1. The van der Waals surface area contributed by atoms with Crippen molar-refractivity contribution >= 4 is 31.3 Å². The number of H-pyrrole nitrogens is 1. The molecule has 1 aromatic heterocycles. The zero-order chi connectivity index (χ0) is 30.0. The summed E-state index contributed by atoms with van der Waals surface area (Å²) in [6, 6.07) is 12.6. The van der Waals surface area contributed by atoms with Gasteiger partial charge in [0.2, 0.25) is 5.56 Å². The van der Waals surface area contributed by atoms with Gasteiger partial charge in [-0.15, -0.1) is 18.1 Å². The quantitative estimate of drug-likeness (QED) is 0.267. The van der Waals surface area contributed by atoms with E-state index in [0.29, 0.717) is 16.5 Å². The van der Waals surface area contributed by atoms with E-state index in [1.54, 1.807) is 49.9 Å². The second-order valence-electron chi connectivity index (χ2n) is 12.5. The molecule has 0 unspecified atom stereocenters. The molecule has 0 radical (unpaired) electrons. The van der Waals surface area contributed by atoms with Gasteiger partial charge >= 0.3 is 12.1 Å². The molecule has 9 nitrogen and oxygen atoms in total. The molecule has 3 aromatic rings. The number of carbonyl (C=O) groups excluding carboxylic acids is 1. The number of aromatic nitrogens is 1. The largest absolute Gasteiger partial charge is 0.558 e. The minimum Gasteiger partial charge on any atom is -0.558 e. The van der Waals surface area contributed by atoms with E-state index in [9.17, 15) is 24.6 Å².